The molecule has 1 N–H and O–H groups in total. The summed E-state index contributed by atoms with van der Waals surface area (Å²) in [5.41, 5.74) is 1.91. The molecule has 1 amide bonds. The van der Waals surface area contributed by atoms with Crippen LogP contribution in [0.3, 0.4) is 0 Å². The number of morpholine rings is 2. The Morgan fingerprint density at radius 3 is 2.79 bits per heavy atom. The van der Waals surface area contributed by atoms with Gasteiger partial charge < -0.3 is 19.7 Å². The van der Waals surface area contributed by atoms with Crippen molar-refractivity contribution in [3.63, 3.8) is 0 Å². The third-order valence-corrected chi connectivity index (χ3v) is 5.82. The van der Waals surface area contributed by atoms with Crippen molar-refractivity contribution < 1.29 is 19.2 Å². The van der Waals surface area contributed by atoms with Gasteiger partial charge >= 0.3 is 0 Å². The highest BCUT2D eigenvalue weighted by atomic mass is 16.6. The lowest BCUT2D eigenvalue weighted by atomic mass is 9.84. The average Bonchev–Trinajstić information content (AvgIpc) is 2.73. The molecule has 0 spiro atoms. The van der Waals surface area contributed by atoms with Gasteiger partial charge in [-0.2, -0.15) is 0 Å². The molecular weight excluding hydrogens is 364 g/mol. The fourth-order valence-corrected chi connectivity index (χ4v) is 4.32. The predicted molar refractivity (Wildman–Crippen MR) is 103 cm³/mol. The lowest BCUT2D eigenvalue weighted by Crippen LogP contribution is -2.57. The number of benzene rings is 1. The lowest BCUT2D eigenvalue weighted by Gasteiger charge is -2.45. The molecule has 0 radical (unpaired) electrons. The second-order valence-electron chi connectivity index (χ2n) is 7.46. The summed E-state index contributed by atoms with van der Waals surface area (Å²) in [5, 5.41) is 14.2. The number of nitro groups is 1. The predicted octanol–water partition coefficient (Wildman–Crippen LogP) is 0.421. The Bertz CT molecular complexity index is 737. The first-order valence-corrected chi connectivity index (χ1v) is 9.83. The molecule has 1 aromatic rings. The number of fused-ring (bicyclic) bond motifs is 3. The summed E-state index contributed by atoms with van der Waals surface area (Å²) in [6.07, 6.45) is 0.491. The number of non-ortho nitro benzene ring substituents is 1. The normalized spacial score (nSPS) is 24.9. The number of hydrogen-bond acceptors (Lipinski definition) is 7. The Balaban J connectivity index is 1.45. The Kier molecular flexibility index (Phi) is 5.74. The van der Waals surface area contributed by atoms with E-state index in [-0.39, 0.29) is 28.5 Å². The first kappa shape index (κ1) is 19.1. The Morgan fingerprint density at radius 1 is 1.21 bits per heavy atom. The molecule has 0 aromatic heterocycles. The van der Waals surface area contributed by atoms with E-state index in [0.29, 0.717) is 32.7 Å². The maximum atomic E-state index is 13.0. The second-order valence-corrected chi connectivity index (χ2v) is 7.46. The van der Waals surface area contributed by atoms with Crippen LogP contribution in [0.5, 0.6) is 0 Å². The summed E-state index contributed by atoms with van der Waals surface area (Å²) in [7, 11) is 0. The minimum absolute atomic E-state index is 0.00841. The number of nitrogens with one attached hydrogen (secondary N) is 1. The second kappa shape index (κ2) is 8.42. The first-order chi connectivity index (χ1) is 13.6. The quantitative estimate of drug-likeness (QED) is 0.575. The first-order valence-electron chi connectivity index (χ1n) is 9.83. The average molecular weight is 390 g/mol. The maximum Gasteiger partial charge on any atom is 0.269 e. The van der Waals surface area contributed by atoms with Gasteiger partial charge in [0.05, 0.1) is 43.3 Å². The fraction of sp³-hybridized carbons (Fsp3) is 0.632. The molecule has 28 heavy (non-hydrogen) atoms. The van der Waals surface area contributed by atoms with Crippen molar-refractivity contribution in [2.75, 3.05) is 64.1 Å². The van der Waals surface area contributed by atoms with Crippen LogP contribution >= 0.6 is 0 Å². The third-order valence-electron chi connectivity index (χ3n) is 5.82. The van der Waals surface area contributed by atoms with Crippen LogP contribution in [0.1, 0.15) is 5.56 Å². The van der Waals surface area contributed by atoms with Gasteiger partial charge in [-0.3, -0.25) is 19.8 Å². The van der Waals surface area contributed by atoms with Crippen molar-refractivity contribution in [3.05, 3.63) is 33.9 Å². The number of anilines is 1. The van der Waals surface area contributed by atoms with E-state index in [1.165, 1.54) is 6.07 Å². The van der Waals surface area contributed by atoms with Gasteiger partial charge in [-0.05, 0) is 18.1 Å². The van der Waals surface area contributed by atoms with Gasteiger partial charge in [-0.1, -0.05) is 0 Å². The molecule has 2 fully saturated rings. The zero-order valence-corrected chi connectivity index (χ0v) is 15.8. The summed E-state index contributed by atoms with van der Waals surface area (Å²) < 4.78 is 11.0. The standard InChI is InChI=1S/C19H26N4O5/c24-19(20-3-4-21-5-8-27-9-6-21)16-12-14-11-15(23(25)26)1-2-17(14)22-7-10-28-13-18(16)22/h1-2,11,16,18H,3-10,12-13H2,(H,20,24)/t16-,18-/m0/s1. The molecule has 3 heterocycles. The molecule has 3 aliphatic rings. The molecule has 9 heteroatoms. The maximum absolute atomic E-state index is 13.0. The number of carbonyl (C=O) groups is 1. The molecule has 0 unspecified atom stereocenters. The largest absolute Gasteiger partial charge is 0.379 e. The van der Waals surface area contributed by atoms with Crippen LogP contribution in [-0.2, 0) is 20.7 Å². The van der Waals surface area contributed by atoms with Crippen molar-refractivity contribution in [1.29, 1.82) is 0 Å². The van der Waals surface area contributed by atoms with E-state index in [1.807, 2.05) is 0 Å². The molecule has 0 bridgehead atoms. The van der Waals surface area contributed by atoms with E-state index in [1.54, 1.807) is 12.1 Å². The van der Waals surface area contributed by atoms with Gasteiger partial charge in [0.1, 0.15) is 0 Å². The van der Waals surface area contributed by atoms with Crippen LogP contribution in [0, 0.1) is 16.0 Å². The molecule has 1 aromatic carbocycles. The van der Waals surface area contributed by atoms with E-state index in [4.69, 9.17) is 9.47 Å². The molecule has 9 nitrogen and oxygen atoms in total. The van der Waals surface area contributed by atoms with Gasteiger partial charge in [0.15, 0.2) is 0 Å². The van der Waals surface area contributed by atoms with E-state index >= 15 is 0 Å². The molecule has 152 valence electrons. The van der Waals surface area contributed by atoms with E-state index < -0.39 is 0 Å². The molecule has 3 aliphatic heterocycles. The Hall–Kier alpha value is -2.23. The highest BCUT2D eigenvalue weighted by Gasteiger charge is 2.40. The van der Waals surface area contributed by atoms with Crippen molar-refractivity contribution in [2.24, 2.45) is 5.92 Å². The van der Waals surface area contributed by atoms with Crippen molar-refractivity contribution >= 4 is 17.3 Å². The number of hydrogen-bond donors (Lipinski definition) is 1. The van der Waals surface area contributed by atoms with Gasteiger partial charge in [-0.15, -0.1) is 0 Å². The summed E-state index contributed by atoms with van der Waals surface area (Å²) in [6, 6.07) is 4.91. The number of carbonyl (C=O) groups excluding carboxylic acids is 1. The van der Waals surface area contributed by atoms with Crippen molar-refractivity contribution in [1.82, 2.24) is 10.2 Å². The van der Waals surface area contributed by atoms with E-state index in [2.05, 4.69) is 15.1 Å². The summed E-state index contributed by atoms with van der Waals surface area (Å²) in [5.74, 6) is -0.287. The Labute approximate surface area is 163 Å². The lowest BCUT2D eigenvalue weighted by molar-refractivity contribution is -0.384. The smallest absolute Gasteiger partial charge is 0.269 e. The summed E-state index contributed by atoms with van der Waals surface area (Å²) in [6.45, 7) is 6.42. The summed E-state index contributed by atoms with van der Waals surface area (Å²) >= 11 is 0. The molecule has 0 aliphatic carbocycles. The van der Waals surface area contributed by atoms with Gasteiger partial charge in [0, 0.05) is 50.5 Å². The van der Waals surface area contributed by atoms with Gasteiger partial charge in [0.2, 0.25) is 5.91 Å². The van der Waals surface area contributed by atoms with Crippen molar-refractivity contribution in [3.8, 4) is 0 Å². The van der Waals surface area contributed by atoms with Crippen LogP contribution in [0.15, 0.2) is 18.2 Å². The number of nitrogens with zero attached hydrogens (tertiary/aromatic N) is 3. The zero-order valence-electron chi connectivity index (χ0n) is 15.8. The fourth-order valence-electron chi connectivity index (χ4n) is 4.32. The minimum atomic E-state index is -0.386. The van der Waals surface area contributed by atoms with Crippen LogP contribution < -0.4 is 10.2 Å². The van der Waals surface area contributed by atoms with Crippen LogP contribution in [0.2, 0.25) is 0 Å². The van der Waals surface area contributed by atoms with E-state index in [9.17, 15) is 14.9 Å². The molecule has 0 saturated carbocycles. The van der Waals surface area contributed by atoms with Gasteiger partial charge in [0.25, 0.3) is 5.69 Å². The highest BCUT2D eigenvalue weighted by molar-refractivity contribution is 5.82. The van der Waals surface area contributed by atoms with Gasteiger partial charge in [-0.25, -0.2) is 0 Å². The molecule has 2 saturated heterocycles. The van der Waals surface area contributed by atoms with E-state index in [0.717, 1.165) is 44.1 Å². The summed E-state index contributed by atoms with van der Waals surface area (Å²) in [4.78, 5) is 28.2. The molecule has 2 atom stereocenters. The topological polar surface area (TPSA) is 97.2 Å². The van der Waals surface area contributed by atoms with Crippen molar-refractivity contribution in [2.45, 2.75) is 12.5 Å². The Morgan fingerprint density at radius 2 is 2.00 bits per heavy atom. The third kappa shape index (κ3) is 3.96. The van der Waals surface area contributed by atoms with Crippen LogP contribution in [-0.4, -0.2) is 80.9 Å². The number of rotatable bonds is 5. The SMILES string of the molecule is O=C(NCCN1CCOCC1)[C@H]1Cc2cc([N+](=O)[O-])ccc2N2CCOC[C@@H]12. The van der Waals surface area contributed by atoms with Crippen LogP contribution in [0.4, 0.5) is 11.4 Å². The molecular formula is C19H26N4O5. The number of amides is 1. The number of ether oxygens (including phenoxy) is 2. The molecule has 4 rings (SSSR count). The minimum Gasteiger partial charge on any atom is -0.379 e. The highest BCUT2D eigenvalue weighted by Crippen LogP contribution is 2.37. The number of nitro benzene ring substituents is 1. The zero-order chi connectivity index (χ0) is 19.5. The monoisotopic (exact) mass is 390 g/mol. The van der Waals surface area contributed by atoms with Crippen LogP contribution in [0.25, 0.3) is 0 Å².